The van der Waals surface area contributed by atoms with Gasteiger partial charge in [-0.05, 0) is 71.7 Å². The van der Waals surface area contributed by atoms with E-state index in [9.17, 15) is 9.18 Å². The van der Waals surface area contributed by atoms with Crippen LogP contribution in [-0.4, -0.2) is 17.7 Å². The lowest BCUT2D eigenvalue weighted by atomic mass is 9.91. The van der Waals surface area contributed by atoms with Gasteiger partial charge in [-0.15, -0.1) is 0 Å². The van der Waals surface area contributed by atoms with Gasteiger partial charge in [-0.3, -0.25) is 4.79 Å². The van der Waals surface area contributed by atoms with Crippen LogP contribution in [0.2, 0.25) is 0 Å². The summed E-state index contributed by atoms with van der Waals surface area (Å²) >= 11 is 0. The normalized spacial score (nSPS) is 11.3. The maximum Gasteiger partial charge on any atom is 0.303 e. The first-order valence-corrected chi connectivity index (χ1v) is 11.8. The Morgan fingerprint density at radius 3 is 2.44 bits per heavy atom. The molecule has 4 nitrogen and oxygen atoms in total. The van der Waals surface area contributed by atoms with E-state index in [0.29, 0.717) is 30.9 Å². The second kappa shape index (κ2) is 11.7. The van der Waals surface area contributed by atoms with Crippen molar-refractivity contribution in [2.45, 2.75) is 53.0 Å². The average molecular weight is 464 g/mol. The summed E-state index contributed by atoms with van der Waals surface area (Å²) in [6.45, 7) is 7.78. The van der Waals surface area contributed by atoms with E-state index in [2.05, 4.69) is 26.1 Å². The highest BCUT2D eigenvalue weighted by molar-refractivity contribution is 5.67. The van der Waals surface area contributed by atoms with Crippen molar-refractivity contribution in [3.8, 4) is 16.9 Å². The lowest BCUT2D eigenvalue weighted by Gasteiger charge is -2.17. The predicted octanol–water partition coefficient (Wildman–Crippen LogP) is 7.33. The molecule has 3 rings (SSSR count). The number of ether oxygens (including phenoxy) is 1. The van der Waals surface area contributed by atoms with Gasteiger partial charge >= 0.3 is 5.97 Å². The summed E-state index contributed by atoms with van der Waals surface area (Å²) in [6.07, 6.45) is 2.64. The van der Waals surface area contributed by atoms with E-state index in [1.807, 2.05) is 54.6 Å². The molecule has 3 aromatic rings. The summed E-state index contributed by atoms with van der Waals surface area (Å²) < 4.78 is 20.6. The van der Waals surface area contributed by atoms with E-state index in [-0.39, 0.29) is 17.7 Å². The van der Waals surface area contributed by atoms with Crippen LogP contribution in [0, 0.1) is 11.2 Å². The Morgan fingerprint density at radius 2 is 1.76 bits per heavy atom. The number of rotatable bonds is 11. The number of benzene rings is 3. The van der Waals surface area contributed by atoms with Gasteiger partial charge < -0.3 is 15.2 Å². The number of aliphatic carboxylic acids is 1. The first kappa shape index (κ1) is 25.3. The van der Waals surface area contributed by atoms with E-state index in [4.69, 9.17) is 9.84 Å². The number of anilines is 1. The Labute approximate surface area is 201 Å². The van der Waals surface area contributed by atoms with Crippen molar-refractivity contribution in [3.63, 3.8) is 0 Å². The molecular weight excluding hydrogens is 429 g/mol. The van der Waals surface area contributed by atoms with Crippen molar-refractivity contribution in [3.05, 3.63) is 83.7 Å². The van der Waals surface area contributed by atoms with Crippen molar-refractivity contribution in [2.24, 2.45) is 5.41 Å². The minimum atomic E-state index is -0.795. The van der Waals surface area contributed by atoms with Gasteiger partial charge in [0.2, 0.25) is 0 Å². The Hall–Kier alpha value is -3.34. The molecule has 0 heterocycles. The molecule has 0 fully saturated rings. The molecule has 34 heavy (non-hydrogen) atoms. The molecule has 0 aliphatic rings. The van der Waals surface area contributed by atoms with Crippen molar-refractivity contribution < 1.29 is 19.0 Å². The van der Waals surface area contributed by atoms with E-state index in [0.717, 1.165) is 35.2 Å². The molecule has 0 saturated carbocycles. The highest BCUT2D eigenvalue weighted by Crippen LogP contribution is 2.28. The van der Waals surface area contributed by atoms with E-state index in [1.54, 1.807) is 6.07 Å². The molecule has 3 aromatic carbocycles. The molecule has 0 aliphatic carbocycles. The molecule has 2 N–H and O–H groups in total. The second-order valence-electron chi connectivity index (χ2n) is 9.80. The Bertz CT molecular complexity index is 1090. The number of carboxylic acid groups (broad SMARTS) is 1. The standard InChI is InChI=1S/C29H34FNO3/c1-29(2,3)16-5-17-34-25-13-14-26(27(30)19-25)23-7-4-6-22(18-23)20-31-24-11-8-21(9-12-24)10-15-28(32)33/h4,6-9,11-14,18-19,31H,5,10,15-17,20H2,1-3H3,(H,32,33). The number of halogens is 1. The van der Waals surface area contributed by atoms with Crippen LogP contribution in [0.3, 0.4) is 0 Å². The third kappa shape index (κ3) is 8.22. The largest absolute Gasteiger partial charge is 0.493 e. The molecule has 0 saturated heterocycles. The molecule has 0 radical (unpaired) electrons. The Morgan fingerprint density at radius 1 is 1.00 bits per heavy atom. The van der Waals surface area contributed by atoms with Crippen molar-refractivity contribution in [1.82, 2.24) is 0 Å². The quantitative estimate of drug-likeness (QED) is 0.292. The minimum Gasteiger partial charge on any atom is -0.493 e. The average Bonchev–Trinajstić information content (AvgIpc) is 2.79. The third-order valence-corrected chi connectivity index (χ3v) is 5.60. The van der Waals surface area contributed by atoms with Crippen molar-refractivity contribution in [2.75, 3.05) is 11.9 Å². The van der Waals surface area contributed by atoms with Gasteiger partial charge in [0.25, 0.3) is 0 Å². The SMILES string of the molecule is CC(C)(C)CCCOc1ccc(-c2cccc(CNc3ccc(CCC(=O)O)cc3)c2)c(F)c1. The van der Waals surface area contributed by atoms with Crippen LogP contribution >= 0.6 is 0 Å². The third-order valence-electron chi connectivity index (χ3n) is 5.60. The van der Waals surface area contributed by atoms with E-state index < -0.39 is 5.97 Å². The van der Waals surface area contributed by atoms with Gasteiger partial charge in [-0.25, -0.2) is 4.39 Å². The van der Waals surface area contributed by atoms with E-state index >= 15 is 0 Å². The first-order chi connectivity index (χ1) is 16.2. The van der Waals surface area contributed by atoms with Gasteiger partial charge in [0.15, 0.2) is 0 Å². The minimum absolute atomic E-state index is 0.125. The molecule has 180 valence electrons. The number of carbonyl (C=O) groups is 1. The lowest BCUT2D eigenvalue weighted by Crippen LogP contribution is -2.08. The van der Waals surface area contributed by atoms with Gasteiger partial charge in [0, 0.05) is 30.3 Å². The van der Waals surface area contributed by atoms with Crippen molar-refractivity contribution in [1.29, 1.82) is 0 Å². The van der Waals surface area contributed by atoms with Crippen LogP contribution in [-0.2, 0) is 17.8 Å². The van der Waals surface area contributed by atoms with Crippen LogP contribution in [0.5, 0.6) is 5.75 Å². The van der Waals surface area contributed by atoms with Crippen LogP contribution in [0.25, 0.3) is 11.1 Å². The summed E-state index contributed by atoms with van der Waals surface area (Å²) in [5.41, 5.74) is 4.61. The molecular formula is C29H34FNO3. The first-order valence-electron chi connectivity index (χ1n) is 11.8. The van der Waals surface area contributed by atoms with Gasteiger partial charge in [-0.1, -0.05) is 51.1 Å². The van der Waals surface area contributed by atoms with Gasteiger partial charge in [0.05, 0.1) is 6.61 Å². The monoisotopic (exact) mass is 463 g/mol. The van der Waals surface area contributed by atoms with E-state index in [1.165, 1.54) is 6.07 Å². The lowest BCUT2D eigenvalue weighted by molar-refractivity contribution is -0.136. The fourth-order valence-corrected chi connectivity index (χ4v) is 3.71. The molecule has 0 aliphatic heterocycles. The van der Waals surface area contributed by atoms with Crippen LogP contribution in [0.4, 0.5) is 10.1 Å². The number of hydrogen-bond donors (Lipinski definition) is 2. The number of carboxylic acids is 1. The smallest absolute Gasteiger partial charge is 0.303 e. The topological polar surface area (TPSA) is 58.6 Å². The highest BCUT2D eigenvalue weighted by Gasteiger charge is 2.11. The summed E-state index contributed by atoms with van der Waals surface area (Å²) in [5, 5.41) is 12.2. The molecule has 0 amide bonds. The van der Waals surface area contributed by atoms with Crippen molar-refractivity contribution >= 4 is 11.7 Å². The predicted molar refractivity (Wildman–Crippen MR) is 136 cm³/mol. The van der Waals surface area contributed by atoms with Crippen LogP contribution in [0.15, 0.2) is 66.7 Å². The summed E-state index contributed by atoms with van der Waals surface area (Å²) in [6, 6.07) is 20.6. The Balaban J connectivity index is 1.57. The molecule has 5 heteroatoms. The molecule has 0 bridgehead atoms. The summed E-state index contributed by atoms with van der Waals surface area (Å²) in [4.78, 5) is 10.7. The number of nitrogens with one attached hydrogen (secondary N) is 1. The molecule has 0 aromatic heterocycles. The molecule has 0 spiro atoms. The maximum absolute atomic E-state index is 14.8. The highest BCUT2D eigenvalue weighted by atomic mass is 19.1. The maximum atomic E-state index is 14.8. The zero-order valence-corrected chi connectivity index (χ0v) is 20.2. The van der Waals surface area contributed by atoms with Crippen LogP contribution < -0.4 is 10.1 Å². The van der Waals surface area contributed by atoms with Gasteiger partial charge in [-0.2, -0.15) is 0 Å². The fourth-order valence-electron chi connectivity index (χ4n) is 3.71. The summed E-state index contributed by atoms with van der Waals surface area (Å²) in [5.74, 6) is -0.535. The zero-order valence-electron chi connectivity index (χ0n) is 20.2. The Kier molecular flexibility index (Phi) is 8.69. The molecule has 0 atom stereocenters. The number of hydrogen-bond acceptors (Lipinski definition) is 3. The molecule has 0 unspecified atom stereocenters. The van der Waals surface area contributed by atoms with Gasteiger partial charge in [0.1, 0.15) is 11.6 Å². The van der Waals surface area contributed by atoms with Crippen LogP contribution in [0.1, 0.15) is 51.2 Å². The fraction of sp³-hybridized carbons (Fsp3) is 0.345. The number of aryl methyl sites for hydroxylation is 1. The zero-order chi connectivity index (χ0) is 24.6. The second-order valence-corrected chi connectivity index (χ2v) is 9.80. The summed E-state index contributed by atoms with van der Waals surface area (Å²) in [7, 11) is 0.